The Morgan fingerprint density at radius 1 is 1.36 bits per heavy atom. The maximum absolute atomic E-state index is 12.9. The molecule has 1 N–H and O–H groups in total. The molecule has 0 amide bonds. The summed E-state index contributed by atoms with van der Waals surface area (Å²) in [4.78, 5) is -0.0547. The van der Waals surface area contributed by atoms with Crippen LogP contribution in [0.25, 0.3) is 0 Å². The highest BCUT2D eigenvalue weighted by atomic mass is 32.2. The second-order valence-electron chi connectivity index (χ2n) is 3.04. The van der Waals surface area contributed by atoms with Gasteiger partial charge in [0.2, 0.25) is 0 Å². The zero-order valence-electron chi connectivity index (χ0n) is 7.70. The monoisotopic (exact) mass is 218 g/mol. The van der Waals surface area contributed by atoms with E-state index in [1.165, 1.54) is 12.1 Å². The van der Waals surface area contributed by atoms with Gasteiger partial charge in [0, 0.05) is 12.9 Å². The van der Waals surface area contributed by atoms with Gasteiger partial charge in [0.05, 0.1) is 4.90 Å². The second-order valence-corrected chi connectivity index (χ2v) is 5.06. The fourth-order valence-corrected chi connectivity index (χ4v) is 1.80. The number of hydrogen-bond donors (Lipinski definition) is 1. The van der Waals surface area contributed by atoms with Gasteiger partial charge in [-0.25, -0.2) is 12.8 Å². The molecule has 1 aromatic carbocycles. The minimum absolute atomic E-state index is 0.0547. The van der Waals surface area contributed by atoms with E-state index < -0.39 is 15.7 Å². The molecule has 0 bridgehead atoms. The van der Waals surface area contributed by atoms with Gasteiger partial charge in [-0.15, -0.1) is 0 Å². The molecule has 5 heteroatoms. The predicted molar refractivity (Wildman–Crippen MR) is 50.3 cm³/mol. The summed E-state index contributed by atoms with van der Waals surface area (Å²) in [6.07, 6.45) is 1.27. The zero-order chi connectivity index (χ0) is 10.8. The van der Waals surface area contributed by atoms with Crippen molar-refractivity contribution in [1.82, 2.24) is 0 Å². The number of rotatable bonds is 3. The van der Waals surface area contributed by atoms with Crippen LogP contribution in [0.1, 0.15) is 5.56 Å². The summed E-state index contributed by atoms with van der Waals surface area (Å²) in [6.45, 7) is -0.132. The Morgan fingerprint density at radius 3 is 2.50 bits per heavy atom. The van der Waals surface area contributed by atoms with E-state index in [2.05, 4.69) is 0 Å². The maximum Gasteiger partial charge on any atom is 0.175 e. The third kappa shape index (κ3) is 2.78. The van der Waals surface area contributed by atoms with Gasteiger partial charge in [-0.2, -0.15) is 0 Å². The molecule has 0 aliphatic carbocycles. The fourth-order valence-electron chi connectivity index (χ4n) is 1.11. The normalized spacial score (nSPS) is 11.6. The minimum atomic E-state index is -3.39. The smallest absolute Gasteiger partial charge is 0.175 e. The first kappa shape index (κ1) is 11.1. The molecule has 0 fully saturated rings. The van der Waals surface area contributed by atoms with Crippen LogP contribution in [0.15, 0.2) is 23.1 Å². The molecule has 0 saturated heterocycles. The summed E-state index contributed by atoms with van der Waals surface area (Å²) in [5, 5.41) is 8.63. The molecular formula is C9H11FO3S. The van der Waals surface area contributed by atoms with E-state index in [0.717, 1.165) is 12.3 Å². The van der Waals surface area contributed by atoms with Crippen molar-refractivity contribution in [3.05, 3.63) is 29.6 Å². The number of aliphatic hydroxyl groups excluding tert-OH is 1. The molecule has 0 heterocycles. The van der Waals surface area contributed by atoms with Crippen LogP contribution in [0.2, 0.25) is 0 Å². The van der Waals surface area contributed by atoms with E-state index in [-0.39, 0.29) is 17.9 Å². The molecule has 0 aromatic heterocycles. The molecular weight excluding hydrogens is 207 g/mol. The number of hydrogen-bond acceptors (Lipinski definition) is 3. The molecule has 0 aliphatic rings. The summed E-state index contributed by atoms with van der Waals surface area (Å²) in [5.41, 5.74) is 0.480. The number of sulfone groups is 1. The molecule has 3 nitrogen and oxygen atoms in total. The molecule has 0 unspecified atom stereocenters. The van der Waals surface area contributed by atoms with Crippen LogP contribution in [0, 0.1) is 5.82 Å². The van der Waals surface area contributed by atoms with Crippen LogP contribution >= 0.6 is 0 Å². The van der Waals surface area contributed by atoms with Gasteiger partial charge in [0.1, 0.15) is 5.82 Å². The summed E-state index contributed by atoms with van der Waals surface area (Å²) in [5.74, 6) is -0.601. The molecule has 0 radical (unpaired) electrons. The molecule has 1 rings (SSSR count). The van der Waals surface area contributed by atoms with Crippen molar-refractivity contribution in [1.29, 1.82) is 0 Å². The van der Waals surface area contributed by atoms with Crippen molar-refractivity contribution >= 4 is 9.84 Å². The van der Waals surface area contributed by atoms with Gasteiger partial charge in [-0.3, -0.25) is 0 Å². The first-order chi connectivity index (χ1) is 6.43. The summed E-state index contributed by atoms with van der Waals surface area (Å²) in [6, 6.07) is 3.55. The van der Waals surface area contributed by atoms with Gasteiger partial charge in [-0.05, 0) is 30.2 Å². The Labute approximate surface area is 82.1 Å². The van der Waals surface area contributed by atoms with Gasteiger partial charge < -0.3 is 5.11 Å². The van der Waals surface area contributed by atoms with E-state index in [4.69, 9.17) is 5.11 Å². The first-order valence-electron chi connectivity index (χ1n) is 4.04. The van der Waals surface area contributed by atoms with Gasteiger partial charge in [0.15, 0.2) is 9.84 Å². The third-order valence-electron chi connectivity index (χ3n) is 1.76. The Hall–Kier alpha value is -0.940. The van der Waals surface area contributed by atoms with E-state index in [9.17, 15) is 12.8 Å². The summed E-state index contributed by atoms with van der Waals surface area (Å²) < 4.78 is 35.2. The topological polar surface area (TPSA) is 54.4 Å². The lowest BCUT2D eigenvalue weighted by Gasteiger charge is -2.03. The average molecular weight is 218 g/mol. The van der Waals surface area contributed by atoms with Crippen LogP contribution in [0.3, 0.4) is 0 Å². The highest BCUT2D eigenvalue weighted by molar-refractivity contribution is 7.90. The molecule has 78 valence electrons. The SMILES string of the molecule is CS(=O)(=O)c1cc(F)cc(CCO)c1. The lowest BCUT2D eigenvalue weighted by Crippen LogP contribution is -2.00. The number of benzene rings is 1. The van der Waals surface area contributed by atoms with Crippen LogP contribution in [-0.4, -0.2) is 26.4 Å². The molecule has 14 heavy (non-hydrogen) atoms. The quantitative estimate of drug-likeness (QED) is 0.815. The summed E-state index contributed by atoms with van der Waals surface area (Å²) >= 11 is 0. The molecule has 0 saturated carbocycles. The Balaban J connectivity index is 3.21. The van der Waals surface area contributed by atoms with Crippen molar-refractivity contribution in [2.45, 2.75) is 11.3 Å². The number of halogens is 1. The Kier molecular flexibility index (Phi) is 3.23. The maximum atomic E-state index is 12.9. The third-order valence-corrected chi connectivity index (χ3v) is 2.85. The van der Waals surface area contributed by atoms with Gasteiger partial charge in [-0.1, -0.05) is 0 Å². The van der Waals surface area contributed by atoms with E-state index in [0.29, 0.717) is 5.56 Å². The predicted octanol–water partition coefficient (Wildman–Crippen LogP) is 0.764. The Bertz CT molecular complexity index is 426. The lowest BCUT2D eigenvalue weighted by molar-refractivity contribution is 0.299. The van der Waals surface area contributed by atoms with Crippen molar-refractivity contribution in [2.75, 3.05) is 12.9 Å². The molecule has 1 aromatic rings. The van der Waals surface area contributed by atoms with Crippen molar-refractivity contribution in [2.24, 2.45) is 0 Å². The van der Waals surface area contributed by atoms with Crippen LogP contribution in [-0.2, 0) is 16.3 Å². The van der Waals surface area contributed by atoms with E-state index in [1.807, 2.05) is 0 Å². The largest absolute Gasteiger partial charge is 0.396 e. The molecule has 0 aliphatic heterocycles. The minimum Gasteiger partial charge on any atom is -0.396 e. The fraction of sp³-hybridized carbons (Fsp3) is 0.333. The highest BCUT2D eigenvalue weighted by Crippen LogP contribution is 2.14. The van der Waals surface area contributed by atoms with Crippen molar-refractivity contribution < 1.29 is 17.9 Å². The van der Waals surface area contributed by atoms with Crippen molar-refractivity contribution in [3.63, 3.8) is 0 Å². The molecule has 0 atom stereocenters. The highest BCUT2D eigenvalue weighted by Gasteiger charge is 2.09. The van der Waals surface area contributed by atoms with Gasteiger partial charge >= 0.3 is 0 Å². The van der Waals surface area contributed by atoms with Crippen molar-refractivity contribution in [3.8, 4) is 0 Å². The Morgan fingerprint density at radius 2 is 2.00 bits per heavy atom. The number of aliphatic hydroxyl groups is 1. The lowest BCUT2D eigenvalue weighted by atomic mass is 10.1. The molecule has 0 spiro atoms. The van der Waals surface area contributed by atoms with E-state index in [1.54, 1.807) is 0 Å². The second kappa shape index (κ2) is 4.06. The van der Waals surface area contributed by atoms with Crippen LogP contribution < -0.4 is 0 Å². The zero-order valence-corrected chi connectivity index (χ0v) is 8.51. The average Bonchev–Trinajstić information content (AvgIpc) is 2.02. The standard InChI is InChI=1S/C9H11FO3S/c1-14(12,13)9-5-7(2-3-11)4-8(10)6-9/h4-6,11H,2-3H2,1H3. The first-order valence-corrected chi connectivity index (χ1v) is 5.93. The van der Waals surface area contributed by atoms with Crippen LogP contribution in [0.4, 0.5) is 4.39 Å². The summed E-state index contributed by atoms with van der Waals surface area (Å²) in [7, 11) is -3.39. The van der Waals surface area contributed by atoms with Gasteiger partial charge in [0.25, 0.3) is 0 Å². The van der Waals surface area contributed by atoms with E-state index >= 15 is 0 Å². The van der Waals surface area contributed by atoms with Crippen LogP contribution in [0.5, 0.6) is 0 Å².